The van der Waals surface area contributed by atoms with Crippen molar-refractivity contribution in [3.8, 4) is 73.2 Å². The number of rotatable bonds is 7. The Bertz CT molecular complexity index is 3490. The second-order valence-corrected chi connectivity index (χ2v) is 16.6. The molecular weight excluding hydrogens is 773 g/mol. The van der Waals surface area contributed by atoms with Crippen LogP contribution in [0.5, 0.6) is 0 Å². The lowest BCUT2D eigenvalue weighted by molar-refractivity contribution is 1.06. The van der Waals surface area contributed by atoms with Crippen LogP contribution in [0.1, 0.15) is 0 Å². The van der Waals surface area contributed by atoms with Gasteiger partial charge < -0.3 is 4.57 Å². The molecule has 12 rings (SSSR count). The van der Waals surface area contributed by atoms with Crippen molar-refractivity contribution < 1.29 is 0 Å². The maximum Gasteiger partial charge on any atom is 0.166 e. The van der Waals surface area contributed by atoms with Gasteiger partial charge in [-0.25, -0.2) is 15.0 Å². The standard InChI is InChI=1S/C57H36N4S/c1-4-15-37(16-5-1)39-27-31-42(32-28-39)55-58-56(43-33-29-40(30-34-43)38-17-6-2-7-18-38)60-57(59-55)47-22-11-13-26-51(47)61-50-25-12-10-21-45(50)48-35-49-46-24-14-23-44(41-19-8-3-9-20-41)54(46)62-53(49)36-52(48)61/h1-36H. The fourth-order valence-corrected chi connectivity index (χ4v) is 10.1. The maximum atomic E-state index is 5.28. The van der Waals surface area contributed by atoms with Gasteiger partial charge in [-0.05, 0) is 63.7 Å². The largest absolute Gasteiger partial charge is 0.308 e. The van der Waals surface area contributed by atoms with Crippen LogP contribution in [-0.4, -0.2) is 19.5 Å². The molecule has 0 saturated carbocycles. The second-order valence-electron chi connectivity index (χ2n) is 15.6. The average Bonchev–Trinajstić information content (AvgIpc) is 3.88. The van der Waals surface area contributed by atoms with Gasteiger partial charge in [0.25, 0.3) is 0 Å². The van der Waals surface area contributed by atoms with Gasteiger partial charge in [0.2, 0.25) is 0 Å². The third kappa shape index (κ3) is 6.18. The summed E-state index contributed by atoms with van der Waals surface area (Å²) >= 11 is 1.86. The van der Waals surface area contributed by atoms with E-state index in [4.69, 9.17) is 15.0 Å². The lowest BCUT2D eigenvalue weighted by atomic mass is 10.0. The van der Waals surface area contributed by atoms with E-state index in [1.807, 2.05) is 23.5 Å². The first kappa shape index (κ1) is 35.9. The highest BCUT2D eigenvalue weighted by Crippen LogP contribution is 2.44. The molecule has 0 atom stereocenters. The summed E-state index contributed by atoms with van der Waals surface area (Å²) in [6, 6.07) is 77.3. The highest BCUT2D eigenvalue weighted by molar-refractivity contribution is 7.26. The van der Waals surface area contributed by atoms with Gasteiger partial charge in [-0.3, -0.25) is 0 Å². The van der Waals surface area contributed by atoms with Gasteiger partial charge in [0.05, 0.1) is 16.7 Å². The molecule has 3 aromatic heterocycles. The molecule has 62 heavy (non-hydrogen) atoms. The molecule has 0 spiro atoms. The Morgan fingerprint density at radius 1 is 0.306 bits per heavy atom. The van der Waals surface area contributed by atoms with Crippen LogP contribution in [0.15, 0.2) is 218 Å². The van der Waals surface area contributed by atoms with Crippen LogP contribution in [0.3, 0.4) is 0 Å². The summed E-state index contributed by atoms with van der Waals surface area (Å²) in [6.07, 6.45) is 0. The minimum Gasteiger partial charge on any atom is -0.308 e. The van der Waals surface area contributed by atoms with E-state index in [9.17, 15) is 0 Å². The predicted molar refractivity (Wildman–Crippen MR) is 260 cm³/mol. The molecular formula is C57H36N4S. The molecule has 0 fully saturated rings. The second kappa shape index (κ2) is 14.9. The van der Waals surface area contributed by atoms with Gasteiger partial charge in [0.15, 0.2) is 17.5 Å². The van der Waals surface area contributed by atoms with Crippen LogP contribution in [0.2, 0.25) is 0 Å². The lowest BCUT2D eigenvalue weighted by Crippen LogP contribution is -2.03. The smallest absolute Gasteiger partial charge is 0.166 e. The zero-order valence-electron chi connectivity index (χ0n) is 33.5. The molecule has 290 valence electrons. The lowest BCUT2D eigenvalue weighted by Gasteiger charge is -2.15. The van der Waals surface area contributed by atoms with E-state index >= 15 is 0 Å². The van der Waals surface area contributed by atoms with E-state index in [2.05, 4.69) is 211 Å². The molecule has 0 aliphatic heterocycles. The van der Waals surface area contributed by atoms with E-state index < -0.39 is 0 Å². The number of fused-ring (bicyclic) bond motifs is 6. The Morgan fingerprint density at radius 2 is 0.790 bits per heavy atom. The summed E-state index contributed by atoms with van der Waals surface area (Å²) in [5.74, 6) is 1.85. The fraction of sp³-hybridized carbons (Fsp3) is 0. The topological polar surface area (TPSA) is 43.6 Å². The Kier molecular flexibility index (Phi) is 8.65. The number of nitrogens with zero attached hydrogens (tertiary/aromatic N) is 4. The predicted octanol–water partition coefficient (Wildman–Crippen LogP) is 15.3. The van der Waals surface area contributed by atoms with E-state index in [0.29, 0.717) is 17.5 Å². The third-order valence-electron chi connectivity index (χ3n) is 11.9. The summed E-state index contributed by atoms with van der Waals surface area (Å²) in [4.78, 5) is 15.7. The number of thiophene rings is 1. The monoisotopic (exact) mass is 808 g/mol. The van der Waals surface area contributed by atoms with Crippen LogP contribution >= 0.6 is 11.3 Å². The highest BCUT2D eigenvalue weighted by Gasteiger charge is 2.21. The third-order valence-corrected chi connectivity index (χ3v) is 13.1. The quantitative estimate of drug-likeness (QED) is 0.161. The van der Waals surface area contributed by atoms with Crippen molar-refractivity contribution in [2.45, 2.75) is 0 Å². The number of benzene rings is 9. The zero-order chi connectivity index (χ0) is 41.0. The van der Waals surface area contributed by atoms with Crippen molar-refractivity contribution in [1.29, 1.82) is 0 Å². The highest BCUT2D eigenvalue weighted by atomic mass is 32.1. The van der Waals surface area contributed by atoms with Crippen LogP contribution in [0.4, 0.5) is 0 Å². The van der Waals surface area contributed by atoms with Crippen molar-refractivity contribution in [2.24, 2.45) is 0 Å². The minimum atomic E-state index is 0.612. The number of hydrogen-bond acceptors (Lipinski definition) is 4. The molecule has 0 N–H and O–H groups in total. The maximum absolute atomic E-state index is 5.28. The summed E-state index contributed by atoms with van der Waals surface area (Å²) in [5.41, 5.74) is 13.1. The van der Waals surface area contributed by atoms with Gasteiger partial charge in [-0.2, -0.15) is 0 Å². The van der Waals surface area contributed by atoms with Gasteiger partial charge in [-0.15, -0.1) is 11.3 Å². The van der Waals surface area contributed by atoms with Crippen LogP contribution < -0.4 is 0 Å². The molecule has 4 nitrogen and oxygen atoms in total. The van der Waals surface area contributed by atoms with Crippen molar-refractivity contribution in [1.82, 2.24) is 19.5 Å². The summed E-state index contributed by atoms with van der Waals surface area (Å²) in [7, 11) is 0. The first-order valence-corrected chi connectivity index (χ1v) is 21.7. The first-order chi connectivity index (χ1) is 30.7. The Balaban J connectivity index is 1.05. The van der Waals surface area contributed by atoms with Gasteiger partial charge in [0.1, 0.15) is 0 Å². The molecule has 0 amide bonds. The van der Waals surface area contributed by atoms with Gasteiger partial charge >= 0.3 is 0 Å². The molecule has 0 bridgehead atoms. The summed E-state index contributed by atoms with van der Waals surface area (Å²) < 4.78 is 4.95. The van der Waals surface area contributed by atoms with Crippen molar-refractivity contribution >= 4 is 53.3 Å². The van der Waals surface area contributed by atoms with Crippen LogP contribution in [0, 0.1) is 0 Å². The molecule has 0 saturated heterocycles. The van der Waals surface area contributed by atoms with Crippen molar-refractivity contribution in [3.63, 3.8) is 0 Å². The fourth-order valence-electron chi connectivity index (χ4n) is 8.86. The van der Waals surface area contributed by atoms with Crippen molar-refractivity contribution in [3.05, 3.63) is 218 Å². The Labute approximate surface area is 362 Å². The molecule has 0 unspecified atom stereocenters. The molecule has 0 aliphatic carbocycles. The van der Waals surface area contributed by atoms with Gasteiger partial charge in [0, 0.05) is 47.6 Å². The molecule has 12 aromatic rings. The first-order valence-electron chi connectivity index (χ1n) is 20.8. The summed E-state index contributed by atoms with van der Waals surface area (Å²) in [5, 5.41) is 4.97. The normalized spacial score (nSPS) is 11.5. The molecule has 0 aliphatic rings. The Hall–Kier alpha value is -7.99. The minimum absolute atomic E-state index is 0.612. The molecule has 9 aromatic carbocycles. The average molecular weight is 809 g/mol. The van der Waals surface area contributed by atoms with Crippen LogP contribution in [-0.2, 0) is 0 Å². The van der Waals surface area contributed by atoms with Crippen LogP contribution in [0.25, 0.3) is 115 Å². The van der Waals surface area contributed by atoms with Gasteiger partial charge in [-0.1, -0.05) is 188 Å². The summed E-state index contributed by atoms with van der Waals surface area (Å²) in [6.45, 7) is 0. The Morgan fingerprint density at radius 3 is 1.44 bits per heavy atom. The molecule has 3 heterocycles. The molecule has 0 radical (unpaired) electrons. The number of aromatic nitrogens is 4. The SMILES string of the molecule is c1ccc(-c2ccc(-c3nc(-c4ccc(-c5ccccc5)cc4)nc(-c4ccccc4-n4c5ccccc5c5cc6c(cc54)sc4c(-c5ccccc5)cccc46)n3)cc2)cc1. The van der Waals surface area contributed by atoms with E-state index in [1.54, 1.807) is 0 Å². The van der Waals surface area contributed by atoms with E-state index in [-0.39, 0.29) is 0 Å². The zero-order valence-corrected chi connectivity index (χ0v) is 34.3. The molecule has 5 heteroatoms. The van der Waals surface area contributed by atoms with E-state index in [0.717, 1.165) is 44.5 Å². The van der Waals surface area contributed by atoms with E-state index in [1.165, 1.54) is 53.2 Å². The van der Waals surface area contributed by atoms with Crippen molar-refractivity contribution in [2.75, 3.05) is 0 Å². The number of hydrogen-bond donors (Lipinski definition) is 0. The number of para-hydroxylation sites is 2.